The molecule has 1 aliphatic carbocycles. The van der Waals surface area contributed by atoms with Crippen molar-refractivity contribution in [1.29, 1.82) is 0 Å². The Balaban J connectivity index is 2.20. The maximum absolute atomic E-state index is 12.7. The molecule has 1 fully saturated rings. The first-order valence-corrected chi connectivity index (χ1v) is 10.9. The fourth-order valence-corrected chi connectivity index (χ4v) is 4.81. The molecular formula is C19H28N2O5S. The van der Waals surface area contributed by atoms with E-state index in [1.54, 1.807) is 0 Å². The molecule has 0 heterocycles. The van der Waals surface area contributed by atoms with Gasteiger partial charge in [0.25, 0.3) is 5.91 Å². The highest BCUT2D eigenvalue weighted by molar-refractivity contribution is 7.89. The van der Waals surface area contributed by atoms with Gasteiger partial charge in [-0.05, 0) is 43.9 Å². The molecule has 1 aromatic rings. The van der Waals surface area contributed by atoms with Crippen LogP contribution < -0.4 is 10.0 Å². The van der Waals surface area contributed by atoms with Gasteiger partial charge in [0, 0.05) is 11.6 Å². The minimum absolute atomic E-state index is 0.0406. The number of benzene rings is 1. The summed E-state index contributed by atoms with van der Waals surface area (Å²) in [6.07, 6.45) is 4.40. The highest BCUT2D eigenvalue weighted by Gasteiger charge is 2.31. The lowest BCUT2D eigenvalue weighted by atomic mass is 9.88. The second kappa shape index (κ2) is 8.84. The van der Waals surface area contributed by atoms with Gasteiger partial charge < -0.3 is 10.4 Å². The standard InChI is InChI=1S/C19H28N2O5S/c1-3-19(4-2,13-17(22)23)20-18(24)14-8-7-11-16(12-14)27(25,26)21-15-9-5-6-10-15/h7-8,11-12,15,21H,3-6,9-10,13H2,1-2H3,(H,20,24)(H,22,23). The molecule has 1 aromatic carbocycles. The van der Waals surface area contributed by atoms with E-state index in [1.165, 1.54) is 24.3 Å². The molecule has 27 heavy (non-hydrogen) atoms. The normalized spacial score (nSPS) is 15.6. The number of carbonyl (C=O) groups excluding carboxylic acids is 1. The zero-order chi connectivity index (χ0) is 20.1. The first kappa shape index (κ1) is 21.4. The fourth-order valence-electron chi connectivity index (χ4n) is 3.46. The van der Waals surface area contributed by atoms with E-state index in [0.717, 1.165) is 25.7 Å². The largest absolute Gasteiger partial charge is 0.481 e. The molecule has 7 nitrogen and oxygen atoms in total. The number of rotatable bonds is 9. The van der Waals surface area contributed by atoms with E-state index < -0.39 is 27.4 Å². The molecule has 0 aliphatic heterocycles. The van der Waals surface area contributed by atoms with Crippen LogP contribution >= 0.6 is 0 Å². The third-order valence-electron chi connectivity index (χ3n) is 5.31. The molecule has 1 saturated carbocycles. The molecule has 150 valence electrons. The molecule has 0 bridgehead atoms. The van der Waals surface area contributed by atoms with Gasteiger partial charge in [-0.1, -0.05) is 32.8 Å². The number of nitrogens with one attached hydrogen (secondary N) is 2. The number of hydrogen-bond acceptors (Lipinski definition) is 4. The molecule has 2 rings (SSSR count). The zero-order valence-corrected chi connectivity index (χ0v) is 16.6. The quantitative estimate of drug-likeness (QED) is 0.594. The molecule has 0 atom stereocenters. The van der Waals surface area contributed by atoms with E-state index in [-0.39, 0.29) is 22.9 Å². The van der Waals surface area contributed by atoms with Gasteiger partial charge in [0.15, 0.2) is 0 Å². The van der Waals surface area contributed by atoms with Gasteiger partial charge in [0.05, 0.1) is 16.9 Å². The molecule has 0 spiro atoms. The lowest BCUT2D eigenvalue weighted by Crippen LogP contribution is -2.49. The lowest BCUT2D eigenvalue weighted by Gasteiger charge is -2.31. The Morgan fingerprint density at radius 1 is 1.19 bits per heavy atom. The van der Waals surface area contributed by atoms with E-state index in [4.69, 9.17) is 5.11 Å². The second-order valence-electron chi connectivity index (χ2n) is 7.14. The Morgan fingerprint density at radius 2 is 1.81 bits per heavy atom. The summed E-state index contributed by atoms with van der Waals surface area (Å²) >= 11 is 0. The van der Waals surface area contributed by atoms with Gasteiger partial charge in [0.1, 0.15) is 0 Å². The number of carboxylic acid groups (broad SMARTS) is 1. The summed E-state index contributed by atoms with van der Waals surface area (Å²) in [6.45, 7) is 3.64. The van der Waals surface area contributed by atoms with Gasteiger partial charge in [0.2, 0.25) is 10.0 Å². The maximum Gasteiger partial charge on any atom is 0.305 e. The molecule has 8 heteroatoms. The number of carboxylic acids is 1. The molecule has 0 radical (unpaired) electrons. The molecular weight excluding hydrogens is 368 g/mol. The lowest BCUT2D eigenvalue weighted by molar-refractivity contribution is -0.138. The summed E-state index contributed by atoms with van der Waals surface area (Å²) in [4.78, 5) is 23.9. The predicted octanol–water partition coefficient (Wildman–Crippen LogP) is 2.67. The summed E-state index contributed by atoms with van der Waals surface area (Å²) in [6, 6.07) is 5.79. The smallest absolute Gasteiger partial charge is 0.305 e. The monoisotopic (exact) mass is 396 g/mol. The first-order valence-electron chi connectivity index (χ1n) is 9.38. The number of amides is 1. The summed E-state index contributed by atoms with van der Waals surface area (Å²) in [5.41, 5.74) is -0.666. The summed E-state index contributed by atoms with van der Waals surface area (Å²) < 4.78 is 27.9. The molecule has 0 unspecified atom stereocenters. The highest BCUT2D eigenvalue weighted by atomic mass is 32.2. The summed E-state index contributed by atoms with van der Waals surface area (Å²) in [5.74, 6) is -1.46. The van der Waals surface area contributed by atoms with Crippen molar-refractivity contribution in [3.8, 4) is 0 Å². The van der Waals surface area contributed by atoms with Gasteiger partial charge in [-0.2, -0.15) is 0 Å². The Kier molecular flexibility index (Phi) is 7.00. The van der Waals surface area contributed by atoms with Crippen molar-refractivity contribution < 1.29 is 23.1 Å². The van der Waals surface area contributed by atoms with Crippen molar-refractivity contribution in [3.05, 3.63) is 29.8 Å². The van der Waals surface area contributed by atoms with Gasteiger partial charge in [-0.25, -0.2) is 13.1 Å². The number of sulfonamides is 1. The van der Waals surface area contributed by atoms with E-state index in [2.05, 4.69) is 10.0 Å². The van der Waals surface area contributed by atoms with Crippen LogP contribution in [0.25, 0.3) is 0 Å². The van der Waals surface area contributed by atoms with E-state index in [9.17, 15) is 18.0 Å². The number of carbonyl (C=O) groups is 2. The molecule has 0 saturated heterocycles. The highest BCUT2D eigenvalue weighted by Crippen LogP contribution is 2.23. The Hall–Kier alpha value is -1.93. The Bertz CT molecular complexity index is 781. The predicted molar refractivity (Wildman–Crippen MR) is 102 cm³/mol. The first-order chi connectivity index (χ1) is 12.7. The van der Waals surface area contributed by atoms with E-state index in [1.807, 2.05) is 13.8 Å². The summed E-state index contributed by atoms with van der Waals surface area (Å²) in [5, 5.41) is 11.9. The Labute approximate surface area is 160 Å². The average molecular weight is 397 g/mol. The van der Waals surface area contributed by atoms with Crippen LogP contribution in [0.2, 0.25) is 0 Å². The van der Waals surface area contributed by atoms with Crippen LogP contribution in [-0.4, -0.2) is 37.0 Å². The molecule has 1 aliphatic rings. The van der Waals surface area contributed by atoms with Crippen molar-refractivity contribution in [2.24, 2.45) is 0 Å². The van der Waals surface area contributed by atoms with Crippen LogP contribution in [0.1, 0.15) is 69.2 Å². The van der Waals surface area contributed by atoms with Gasteiger partial charge in [-0.3, -0.25) is 9.59 Å². The van der Waals surface area contributed by atoms with Crippen molar-refractivity contribution in [2.75, 3.05) is 0 Å². The minimum Gasteiger partial charge on any atom is -0.481 e. The molecule has 1 amide bonds. The Morgan fingerprint density at radius 3 is 2.37 bits per heavy atom. The maximum atomic E-state index is 12.7. The van der Waals surface area contributed by atoms with Crippen molar-refractivity contribution >= 4 is 21.9 Å². The van der Waals surface area contributed by atoms with Crippen molar-refractivity contribution in [3.63, 3.8) is 0 Å². The minimum atomic E-state index is -3.70. The van der Waals surface area contributed by atoms with Gasteiger partial charge >= 0.3 is 5.97 Å². The fraction of sp³-hybridized carbons (Fsp3) is 0.579. The van der Waals surface area contributed by atoms with Crippen molar-refractivity contribution in [2.45, 2.75) is 75.3 Å². The summed E-state index contributed by atoms with van der Waals surface area (Å²) in [7, 11) is -3.70. The topological polar surface area (TPSA) is 113 Å². The van der Waals surface area contributed by atoms with Crippen LogP contribution in [0.3, 0.4) is 0 Å². The SMILES string of the molecule is CCC(CC)(CC(=O)O)NC(=O)c1cccc(S(=O)(=O)NC2CCCC2)c1. The third-order valence-corrected chi connectivity index (χ3v) is 6.82. The van der Waals surface area contributed by atoms with Crippen LogP contribution in [0, 0.1) is 0 Å². The second-order valence-corrected chi connectivity index (χ2v) is 8.86. The van der Waals surface area contributed by atoms with Crippen LogP contribution in [0.15, 0.2) is 29.2 Å². The number of aliphatic carboxylic acids is 1. The van der Waals surface area contributed by atoms with Gasteiger partial charge in [-0.15, -0.1) is 0 Å². The van der Waals surface area contributed by atoms with Crippen LogP contribution in [0.5, 0.6) is 0 Å². The van der Waals surface area contributed by atoms with Crippen molar-refractivity contribution in [1.82, 2.24) is 10.0 Å². The molecule has 0 aromatic heterocycles. The molecule has 3 N–H and O–H groups in total. The zero-order valence-electron chi connectivity index (χ0n) is 15.8. The van der Waals surface area contributed by atoms with E-state index in [0.29, 0.717) is 12.8 Å². The average Bonchev–Trinajstić information content (AvgIpc) is 3.13. The van der Waals surface area contributed by atoms with E-state index >= 15 is 0 Å². The van der Waals surface area contributed by atoms with Crippen LogP contribution in [-0.2, 0) is 14.8 Å². The van der Waals surface area contributed by atoms with Crippen LogP contribution in [0.4, 0.5) is 0 Å². The third kappa shape index (κ3) is 5.52. The number of hydrogen-bond donors (Lipinski definition) is 3.